The summed E-state index contributed by atoms with van der Waals surface area (Å²) in [5, 5.41) is 9.72. The minimum absolute atomic E-state index is 0.0863. The zero-order valence-corrected chi connectivity index (χ0v) is 10.2. The van der Waals surface area contributed by atoms with Gasteiger partial charge in [0.15, 0.2) is 5.78 Å². The molecule has 2 heteroatoms. The van der Waals surface area contributed by atoms with Crippen LogP contribution in [-0.4, -0.2) is 17.0 Å². The normalized spacial score (nSPS) is 35.7. The number of carbonyl (C=O) groups excluding carboxylic acids is 1. The zero-order chi connectivity index (χ0) is 11.6. The lowest BCUT2D eigenvalue weighted by Crippen LogP contribution is -2.38. The first-order valence-corrected chi connectivity index (χ1v) is 5.70. The van der Waals surface area contributed by atoms with Crippen molar-refractivity contribution in [3.8, 4) is 0 Å². The minimum atomic E-state index is -0.183. The molecule has 0 aromatic carbocycles. The van der Waals surface area contributed by atoms with E-state index in [1.807, 2.05) is 6.08 Å². The first kappa shape index (κ1) is 12.4. The Morgan fingerprint density at radius 2 is 2.07 bits per heavy atom. The molecular weight excluding hydrogens is 188 g/mol. The third-order valence-electron chi connectivity index (χ3n) is 3.46. The molecule has 1 rings (SSSR count). The molecule has 1 aliphatic carbocycles. The first-order valence-electron chi connectivity index (χ1n) is 5.70. The largest absolute Gasteiger partial charge is 0.393 e. The monoisotopic (exact) mass is 210 g/mol. The van der Waals surface area contributed by atoms with Crippen LogP contribution >= 0.6 is 0 Å². The SMILES string of the molecule is CC(=O)/C=C/[C@H]1[C@H](C)C[C@@H](O)CC1(C)C. The number of hydrogen-bond acceptors (Lipinski definition) is 2. The van der Waals surface area contributed by atoms with Gasteiger partial charge in [0.2, 0.25) is 0 Å². The third-order valence-corrected chi connectivity index (χ3v) is 3.46. The average Bonchev–Trinajstić information content (AvgIpc) is 1.98. The molecule has 0 spiro atoms. The zero-order valence-electron chi connectivity index (χ0n) is 10.2. The van der Waals surface area contributed by atoms with E-state index in [1.165, 1.54) is 0 Å². The molecule has 3 atom stereocenters. The number of hydrogen-bond donors (Lipinski definition) is 1. The molecule has 86 valence electrons. The predicted octanol–water partition coefficient (Wildman–Crippen LogP) is 2.56. The molecular formula is C13H22O2. The van der Waals surface area contributed by atoms with Crippen molar-refractivity contribution in [1.29, 1.82) is 0 Å². The van der Waals surface area contributed by atoms with Gasteiger partial charge in [-0.3, -0.25) is 4.79 Å². The van der Waals surface area contributed by atoms with E-state index in [0.717, 1.165) is 12.8 Å². The molecule has 1 saturated carbocycles. The molecule has 0 heterocycles. The van der Waals surface area contributed by atoms with Crippen LogP contribution in [0.25, 0.3) is 0 Å². The Kier molecular flexibility index (Phi) is 3.72. The summed E-state index contributed by atoms with van der Waals surface area (Å²) in [7, 11) is 0. The maximum atomic E-state index is 10.9. The number of allylic oxidation sites excluding steroid dienone is 2. The van der Waals surface area contributed by atoms with Gasteiger partial charge >= 0.3 is 0 Å². The quantitative estimate of drug-likeness (QED) is 0.711. The number of ketones is 1. The summed E-state index contributed by atoms with van der Waals surface area (Å²) in [4.78, 5) is 10.9. The van der Waals surface area contributed by atoms with Crippen LogP contribution in [0, 0.1) is 17.3 Å². The molecule has 1 N–H and O–H groups in total. The van der Waals surface area contributed by atoms with E-state index in [4.69, 9.17) is 0 Å². The Morgan fingerprint density at radius 1 is 1.47 bits per heavy atom. The van der Waals surface area contributed by atoms with Crippen molar-refractivity contribution >= 4 is 5.78 Å². The van der Waals surface area contributed by atoms with Gasteiger partial charge in [0, 0.05) is 0 Å². The van der Waals surface area contributed by atoms with Crippen molar-refractivity contribution in [3.05, 3.63) is 12.2 Å². The van der Waals surface area contributed by atoms with Crippen LogP contribution in [0.3, 0.4) is 0 Å². The summed E-state index contributed by atoms with van der Waals surface area (Å²) in [6.45, 7) is 8.06. The van der Waals surface area contributed by atoms with Crippen LogP contribution in [0.1, 0.15) is 40.5 Å². The fourth-order valence-electron chi connectivity index (χ4n) is 2.86. The van der Waals surface area contributed by atoms with Crippen LogP contribution in [0.15, 0.2) is 12.2 Å². The van der Waals surface area contributed by atoms with Gasteiger partial charge in [-0.05, 0) is 43.1 Å². The molecule has 0 bridgehead atoms. The minimum Gasteiger partial charge on any atom is -0.393 e. The van der Waals surface area contributed by atoms with Crippen LogP contribution in [0.4, 0.5) is 0 Å². The molecule has 2 nitrogen and oxygen atoms in total. The van der Waals surface area contributed by atoms with Crippen molar-refractivity contribution < 1.29 is 9.90 Å². The molecule has 0 aliphatic heterocycles. The predicted molar refractivity (Wildman–Crippen MR) is 61.5 cm³/mol. The molecule has 0 unspecified atom stereocenters. The summed E-state index contributed by atoms with van der Waals surface area (Å²) >= 11 is 0. The van der Waals surface area contributed by atoms with Gasteiger partial charge < -0.3 is 5.11 Å². The Bertz CT molecular complexity index is 266. The summed E-state index contributed by atoms with van der Waals surface area (Å²) in [5.74, 6) is 0.938. The van der Waals surface area contributed by atoms with E-state index in [1.54, 1.807) is 13.0 Å². The highest BCUT2D eigenvalue weighted by atomic mass is 16.3. The van der Waals surface area contributed by atoms with Gasteiger partial charge in [-0.25, -0.2) is 0 Å². The van der Waals surface area contributed by atoms with E-state index in [9.17, 15) is 9.90 Å². The van der Waals surface area contributed by atoms with Crippen LogP contribution in [-0.2, 0) is 4.79 Å². The summed E-state index contributed by atoms with van der Waals surface area (Å²) in [5.41, 5.74) is 0.0863. The van der Waals surface area contributed by atoms with Crippen LogP contribution in [0.2, 0.25) is 0 Å². The molecule has 1 aliphatic rings. The second kappa shape index (κ2) is 4.48. The van der Waals surface area contributed by atoms with Gasteiger partial charge in [0.25, 0.3) is 0 Å². The smallest absolute Gasteiger partial charge is 0.152 e. The van der Waals surface area contributed by atoms with Crippen molar-refractivity contribution in [1.82, 2.24) is 0 Å². The second-order valence-corrected chi connectivity index (χ2v) is 5.56. The standard InChI is InChI=1S/C13H22O2/c1-9-7-11(15)8-13(3,4)12(9)6-5-10(2)14/h5-6,9,11-12,15H,7-8H2,1-4H3/b6-5+/t9-,11-,12+/m1/s1. The van der Waals surface area contributed by atoms with Crippen LogP contribution in [0.5, 0.6) is 0 Å². The number of carbonyl (C=O) groups is 1. The highest BCUT2D eigenvalue weighted by Crippen LogP contribution is 2.44. The lowest BCUT2D eigenvalue weighted by molar-refractivity contribution is -0.112. The third kappa shape index (κ3) is 3.16. The second-order valence-electron chi connectivity index (χ2n) is 5.56. The Labute approximate surface area is 92.4 Å². The lowest BCUT2D eigenvalue weighted by atomic mass is 9.63. The Balaban J connectivity index is 2.80. The fraction of sp³-hybridized carbons (Fsp3) is 0.769. The summed E-state index contributed by atoms with van der Waals surface area (Å²) < 4.78 is 0. The number of rotatable bonds is 2. The average molecular weight is 210 g/mol. The van der Waals surface area contributed by atoms with Gasteiger partial charge in [-0.2, -0.15) is 0 Å². The summed E-state index contributed by atoms with van der Waals surface area (Å²) in [6.07, 6.45) is 5.18. The Morgan fingerprint density at radius 3 is 2.53 bits per heavy atom. The van der Waals surface area contributed by atoms with Crippen molar-refractivity contribution in [3.63, 3.8) is 0 Å². The van der Waals surface area contributed by atoms with Gasteiger partial charge in [0.05, 0.1) is 6.10 Å². The topological polar surface area (TPSA) is 37.3 Å². The number of aliphatic hydroxyl groups is 1. The highest BCUT2D eigenvalue weighted by molar-refractivity contribution is 5.87. The molecule has 0 amide bonds. The van der Waals surface area contributed by atoms with Crippen molar-refractivity contribution in [2.24, 2.45) is 17.3 Å². The van der Waals surface area contributed by atoms with Crippen molar-refractivity contribution in [2.45, 2.75) is 46.6 Å². The highest BCUT2D eigenvalue weighted by Gasteiger charge is 2.38. The maximum absolute atomic E-state index is 10.9. The van der Waals surface area contributed by atoms with E-state index in [-0.39, 0.29) is 17.3 Å². The number of aliphatic hydroxyl groups excluding tert-OH is 1. The van der Waals surface area contributed by atoms with Gasteiger partial charge in [-0.1, -0.05) is 26.8 Å². The van der Waals surface area contributed by atoms with Crippen LogP contribution < -0.4 is 0 Å². The van der Waals surface area contributed by atoms with E-state index < -0.39 is 0 Å². The molecule has 0 saturated heterocycles. The summed E-state index contributed by atoms with van der Waals surface area (Å²) in [6, 6.07) is 0. The van der Waals surface area contributed by atoms with Gasteiger partial charge in [0.1, 0.15) is 0 Å². The molecule has 0 aromatic rings. The van der Waals surface area contributed by atoms with E-state index in [0.29, 0.717) is 11.8 Å². The molecule has 0 radical (unpaired) electrons. The lowest BCUT2D eigenvalue weighted by Gasteiger charge is -2.43. The van der Waals surface area contributed by atoms with Gasteiger partial charge in [-0.15, -0.1) is 0 Å². The van der Waals surface area contributed by atoms with E-state index >= 15 is 0 Å². The Hall–Kier alpha value is -0.630. The molecule has 15 heavy (non-hydrogen) atoms. The molecule has 1 fully saturated rings. The molecule has 0 aromatic heterocycles. The van der Waals surface area contributed by atoms with Crippen molar-refractivity contribution in [2.75, 3.05) is 0 Å². The maximum Gasteiger partial charge on any atom is 0.152 e. The first-order chi connectivity index (χ1) is 6.83. The fourth-order valence-corrected chi connectivity index (χ4v) is 2.86. The van der Waals surface area contributed by atoms with E-state index in [2.05, 4.69) is 20.8 Å².